The van der Waals surface area contributed by atoms with Gasteiger partial charge in [0.1, 0.15) is 18.9 Å². The number of nitrogens with zero attached hydrogens (tertiary/aromatic N) is 2. The fraction of sp³-hybridized carbons (Fsp3) is 0.379. The zero-order chi connectivity index (χ0) is 25.9. The lowest BCUT2D eigenvalue weighted by atomic mass is 10.00. The minimum atomic E-state index is -0.205. The maximum absolute atomic E-state index is 13.8. The number of carbonyl (C=O) groups excluding carboxylic acids is 2. The van der Waals surface area contributed by atoms with Crippen molar-refractivity contribution in [1.29, 1.82) is 0 Å². The molecule has 0 aliphatic carbocycles. The zero-order valence-corrected chi connectivity index (χ0v) is 22.3. The maximum atomic E-state index is 13.8. The summed E-state index contributed by atoms with van der Waals surface area (Å²) < 4.78 is 17.0. The molecule has 0 saturated carbocycles. The average molecular weight is 521 g/mol. The number of hydrogen-bond acceptors (Lipinski definition) is 6. The van der Waals surface area contributed by atoms with E-state index in [9.17, 15) is 9.59 Å². The summed E-state index contributed by atoms with van der Waals surface area (Å²) in [5, 5.41) is 2.08. The minimum absolute atomic E-state index is 0.00276. The Labute approximate surface area is 221 Å². The summed E-state index contributed by atoms with van der Waals surface area (Å²) in [6, 6.07) is 14.9. The van der Waals surface area contributed by atoms with Gasteiger partial charge >= 0.3 is 0 Å². The third-order valence-corrected chi connectivity index (χ3v) is 8.15. The smallest absolute Gasteiger partial charge is 0.254 e. The molecule has 0 radical (unpaired) electrons. The van der Waals surface area contributed by atoms with E-state index in [0.717, 1.165) is 24.2 Å². The molecule has 0 spiro atoms. The molecule has 1 aromatic heterocycles. The van der Waals surface area contributed by atoms with Crippen molar-refractivity contribution in [1.82, 2.24) is 9.80 Å². The van der Waals surface area contributed by atoms with E-state index in [1.165, 1.54) is 10.4 Å². The third-order valence-electron chi connectivity index (χ3n) is 7.15. The van der Waals surface area contributed by atoms with Gasteiger partial charge in [-0.2, -0.15) is 0 Å². The fourth-order valence-corrected chi connectivity index (χ4v) is 5.69. The molecule has 0 fully saturated rings. The number of fused-ring (bicyclic) bond motifs is 2. The van der Waals surface area contributed by atoms with Crippen LogP contribution in [-0.2, 0) is 11.2 Å². The Bertz CT molecular complexity index is 1270. The number of carbonyl (C=O) groups is 2. The van der Waals surface area contributed by atoms with Gasteiger partial charge in [-0.1, -0.05) is 24.6 Å². The highest BCUT2D eigenvalue weighted by molar-refractivity contribution is 7.10. The minimum Gasteiger partial charge on any atom is -0.491 e. The SMILES string of the molecule is CC[C@@H](C)N(CC(=O)N1CCc2sccc2[C@@H]1COc1ccc(C)cc1)C(=O)c1ccc2c(c1)OCO2. The molecule has 3 heterocycles. The summed E-state index contributed by atoms with van der Waals surface area (Å²) in [5.74, 6) is 1.68. The lowest BCUT2D eigenvalue weighted by Crippen LogP contribution is -2.49. The predicted molar refractivity (Wildman–Crippen MR) is 143 cm³/mol. The largest absolute Gasteiger partial charge is 0.491 e. The molecule has 2 aromatic carbocycles. The molecular formula is C29H32N2O5S. The maximum Gasteiger partial charge on any atom is 0.254 e. The summed E-state index contributed by atoms with van der Waals surface area (Å²) in [7, 11) is 0. The van der Waals surface area contributed by atoms with Crippen LogP contribution < -0.4 is 14.2 Å². The van der Waals surface area contributed by atoms with Gasteiger partial charge in [-0.25, -0.2) is 0 Å². The molecule has 0 N–H and O–H groups in total. The van der Waals surface area contributed by atoms with Crippen molar-refractivity contribution < 1.29 is 23.8 Å². The molecule has 8 heteroatoms. The molecule has 0 bridgehead atoms. The predicted octanol–water partition coefficient (Wildman–Crippen LogP) is 5.23. The van der Waals surface area contributed by atoms with Crippen molar-refractivity contribution in [2.45, 2.75) is 45.7 Å². The van der Waals surface area contributed by atoms with Gasteiger partial charge in [-0.15, -0.1) is 11.3 Å². The van der Waals surface area contributed by atoms with Gasteiger partial charge in [0.25, 0.3) is 5.91 Å². The van der Waals surface area contributed by atoms with Crippen molar-refractivity contribution in [3.8, 4) is 17.2 Å². The number of ether oxygens (including phenoxy) is 3. The number of hydrogen-bond donors (Lipinski definition) is 0. The van der Waals surface area contributed by atoms with Crippen LogP contribution in [-0.4, -0.2) is 54.1 Å². The van der Waals surface area contributed by atoms with Crippen molar-refractivity contribution >= 4 is 23.2 Å². The lowest BCUT2D eigenvalue weighted by molar-refractivity contribution is -0.136. The van der Waals surface area contributed by atoms with Gasteiger partial charge in [-0.3, -0.25) is 9.59 Å². The Kier molecular flexibility index (Phi) is 7.37. The summed E-state index contributed by atoms with van der Waals surface area (Å²) in [5.41, 5.74) is 2.78. The molecule has 37 heavy (non-hydrogen) atoms. The van der Waals surface area contributed by atoms with Crippen LogP contribution in [0.5, 0.6) is 17.2 Å². The third kappa shape index (κ3) is 5.30. The second-order valence-corrected chi connectivity index (χ2v) is 10.5. The van der Waals surface area contributed by atoms with E-state index in [2.05, 4.69) is 11.4 Å². The Morgan fingerprint density at radius 1 is 1.14 bits per heavy atom. The molecule has 2 aliphatic heterocycles. The van der Waals surface area contributed by atoms with E-state index in [-0.39, 0.29) is 37.2 Å². The summed E-state index contributed by atoms with van der Waals surface area (Å²) in [6.45, 7) is 7.14. The molecule has 7 nitrogen and oxygen atoms in total. The normalized spacial score (nSPS) is 16.7. The van der Waals surface area contributed by atoms with Gasteiger partial charge in [0.05, 0.1) is 6.04 Å². The van der Waals surface area contributed by atoms with Crippen molar-refractivity contribution in [2.75, 3.05) is 26.5 Å². The summed E-state index contributed by atoms with van der Waals surface area (Å²) in [4.78, 5) is 32.2. The number of benzene rings is 2. The zero-order valence-electron chi connectivity index (χ0n) is 21.4. The van der Waals surface area contributed by atoms with E-state index in [1.54, 1.807) is 34.4 Å². The van der Waals surface area contributed by atoms with Crippen LogP contribution in [0.1, 0.15) is 52.7 Å². The van der Waals surface area contributed by atoms with Crippen LogP contribution in [0.3, 0.4) is 0 Å². The van der Waals surface area contributed by atoms with E-state index >= 15 is 0 Å². The van der Waals surface area contributed by atoms with Crippen LogP contribution in [0.2, 0.25) is 0 Å². The monoisotopic (exact) mass is 520 g/mol. The van der Waals surface area contributed by atoms with E-state index in [0.29, 0.717) is 30.2 Å². The van der Waals surface area contributed by atoms with Crippen molar-refractivity contribution in [2.24, 2.45) is 0 Å². The van der Waals surface area contributed by atoms with Crippen LogP contribution in [0.4, 0.5) is 0 Å². The number of thiophene rings is 1. The van der Waals surface area contributed by atoms with Crippen LogP contribution in [0.25, 0.3) is 0 Å². The Morgan fingerprint density at radius 3 is 2.70 bits per heavy atom. The molecule has 2 atom stereocenters. The molecule has 2 amide bonds. The van der Waals surface area contributed by atoms with E-state index in [4.69, 9.17) is 14.2 Å². The molecule has 3 aromatic rings. The lowest BCUT2D eigenvalue weighted by Gasteiger charge is -2.38. The molecule has 2 aliphatic rings. The van der Waals surface area contributed by atoms with E-state index < -0.39 is 0 Å². The Balaban J connectivity index is 1.35. The number of amides is 2. The first-order valence-corrected chi connectivity index (χ1v) is 13.6. The van der Waals surface area contributed by atoms with Crippen LogP contribution in [0.15, 0.2) is 53.9 Å². The standard InChI is InChI=1S/C29H32N2O5S/c1-4-20(3)31(29(33)21-7-10-25-26(15-21)36-18-35-25)16-28(32)30-13-11-27-23(12-14-37-27)24(30)17-34-22-8-5-19(2)6-9-22/h5-10,12,14-15,20,24H,4,11,13,16-18H2,1-3H3/t20-,24+/m1/s1. The number of rotatable bonds is 8. The highest BCUT2D eigenvalue weighted by Crippen LogP contribution is 2.35. The molecule has 0 saturated heterocycles. The van der Waals surface area contributed by atoms with Crippen molar-refractivity contribution in [3.05, 3.63) is 75.5 Å². The van der Waals surface area contributed by atoms with Crippen LogP contribution in [0, 0.1) is 6.92 Å². The number of aryl methyl sites for hydroxylation is 1. The summed E-state index contributed by atoms with van der Waals surface area (Å²) in [6.07, 6.45) is 1.54. The van der Waals surface area contributed by atoms with Crippen LogP contribution >= 0.6 is 11.3 Å². The van der Waals surface area contributed by atoms with E-state index in [1.807, 2.05) is 49.9 Å². The first-order chi connectivity index (χ1) is 17.9. The quantitative estimate of drug-likeness (QED) is 0.407. The molecule has 0 unspecified atom stereocenters. The average Bonchev–Trinajstić information content (AvgIpc) is 3.59. The van der Waals surface area contributed by atoms with Gasteiger partial charge in [0, 0.05) is 23.0 Å². The highest BCUT2D eigenvalue weighted by atomic mass is 32.1. The van der Waals surface area contributed by atoms with Gasteiger partial charge < -0.3 is 24.0 Å². The molecule has 5 rings (SSSR count). The van der Waals surface area contributed by atoms with Gasteiger partial charge in [0.2, 0.25) is 12.7 Å². The van der Waals surface area contributed by atoms with Gasteiger partial charge in [-0.05, 0) is 74.0 Å². The molecular weight excluding hydrogens is 488 g/mol. The topological polar surface area (TPSA) is 68.3 Å². The first kappa shape index (κ1) is 25.1. The Hall–Kier alpha value is -3.52. The summed E-state index contributed by atoms with van der Waals surface area (Å²) >= 11 is 1.72. The highest BCUT2D eigenvalue weighted by Gasteiger charge is 2.34. The Morgan fingerprint density at radius 2 is 1.92 bits per heavy atom. The second kappa shape index (κ2) is 10.8. The second-order valence-electron chi connectivity index (χ2n) is 9.53. The van der Waals surface area contributed by atoms with Gasteiger partial charge in [0.15, 0.2) is 11.5 Å². The molecule has 194 valence electrons. The van der Waals surface area contributed by atoms with Crippen molar-refractivity contribution in [3.63, 3.8) is 0 Å². The first-order valence-electron chi connectivity index (χ1n) is 12.7. The fourth-order valence-electron chi connectivity index (χ4n) is 4.76.